The van der Waals surface area contributed by atoms with Gasteiger partial charge in [-0.25, -0.2) is 0 Å². The van der Waals surface area contributed by atoms with E-state index >= 15 is 0 Å². The molecular formula is C17H38OSi. The summed E-state index contributed by atoms with van der Waals surface area (Å²) in [6, 6.07) is 4.00. The van der Waals surface area contributed by atoms with E-state index in [0.29, 0.717) is 0 Å². The first-order chi connectivity index (χ1) is 8.67. The Morgan fingerprint density at radius 3 is 1.26 bits per heavy atom. The third kappa shape index (κ3) is 9.67. The minimum absolute atomic E-state index is 0.754. The van der Waals surface area contributed by atoms with E-state index < -0.39 is 8.32 Å². The average molecular weight is 287 g/mol. The molecule has 0 rings (SSSR count). The van der Waals surface area contributed by atoms with Crippen LogP contribution in [0.1, 0.15) is 61.8 Å². The molecule has 2 heteroatoms. The zero-order valence-corrected chi connectivity index (χ0v) is 15.8. The largest absolute Gasteiger partial charge is 0.417 e. The zero-order chi connectivity index (χ0) is 15.1. The van der Waals surface area contributed by atoms with Crippen molar-refractivity contribution < 1.29 is 4.43 Å². The van der Waals surface area contributed by atoms with Crippen molar-refractivity contribution in [2.24, 2.45) is 23.7 Å². The van der Waals surface area contributed by atoms with Crippen molar-refractivity contribution >= 4 is 8.32 Å². The fourth-order valence-corrected chi connectivity index (χ4v) is 9.04. The van der Waals surface area contributed by atoms with Gasteiger partial charge in [0.1, 0.15) is 0 Å². The molecule has 116 valence electrons. The summed E-state index contributed by atoms with van der Waals surface area (Å²) in [7, 11) is -1.55. The molecule has 0 atom stereocenters. The lowest BCUT2D eigenvalue weighted by Crippen LogP contribution is -2.42. The van der Waals surface area contributed by atoms with Crippen LogP contribution in [0.15, 0.2) is 0 Å². The molecule has 0 amide bonds. The maximum atomic E-state index is 6.61. The lowest BCUT2D eigenvalue weighted by atomic mass is 10.2. The van der Waals surface area contributed by atoms with E-state index in [4.69, 9.17) is 4.43 Å². The molecule has 0 saturated heterocycles. The predicted molar refractivity (Wildman–Crippen MR) is 90.1 cm³/mol. The Kier molecular flexibility index (Phi) is 9.26. The number of hydrogen-bond acceptors (Lipinski definition) is 1. The lowest BCUT2D eigenvalue weighted by molar-refractivity contribution is 0.261. The van der Waals surface area contributed by atoms with Crippen molar-refractivity contribution in [3.63, 3.8) is 0 Å². The van der Waals surface area contributed by atoms with E-state index in [1.165, 1.54) is 24.6 Å². The van der Waals surface area contributed by atoms with Gasteiger partial charge in [-0.1, -0.05) is 55.4 Å². The molecule has 0 aromatic heterocycles. The highest BCUT2D eigenvalue weighted by atomic mass is 28.4. The molecule has 0 aliphatic heterocycles. The van der Waals surface area contributed by atoms with Gasteiger partial charge in [0.15, 0.2) is 8.32 Å². The van der Waals surface area contributed by atoms with E-state index in [1.807, 2.05) is 0 Å². The molecule has 0 bridgehead atoms. The summed E-state index contributed by atoms with van der Waals surface area (Å²) >= 11 is 0. The summed E-state index contributed by atoms with van der Waals surface area (Å²) < 4.78 is 6.61. The second-order valence-corrected chi connectivity index (χ2v) is 11.9. The first kappa shape index (κ1) is 19.2. The summed E-state index contributed by atoms with van der Waals surface area (Å²) in [5.74, 6) is 3.05. The van der Waals surface area contributed by atoms with Crippen LogP contribution in [-0.4, -0.2) is 14.9 Å². The molecule has 0 N–H and O–H groups in total. The van der Waals surface area contributed by atoms with Crippen LogP contribution in [-0.2, 0) is 4.43 Å². The molecular weight excluding hydrogens is 248 g/mol. The molecule has 0 heterocycles. The van der Waals surface area contributed by atoms with Crippen molar-refractivity contribution in [1.29, 1.82) is 0 Å². The van der Waals surface area contributed by atoms with Gasteiger partial charge < -0.3 is 4.43 Å². The Morgan fingerprint density at radius 2 is 1.00 bits per heavy atom. The van der Waals surface area contributed by atoms with Gasteiger partial charge in [-0.3, -0.25) is 0 Å². The molecule has 1 nitrogen and oxygen atoms in total. The number of hydrogen-bond donors (Lipinski definition) is 0. The van der Waals surface area contributed by atoms with Gasteiger partial charge in [0.2, 0.25) is 0 Å². The quantitative estimate of drug-likeness (QED) is 0.450. The Morgan fingerprint density at radius 1 is 0.632 bits per heavy atom. The summed E-state index contributed by atoms with van der Waals surface area (Å²) in [5, 5.41) is 0. The Labute approximate surface area is 123 Å². The average Bonchev–Trinajstić information content (AvgIpc) is 2.12. The van der Waals surface area contributed by atoms with E-state index in [9.17, 15) is 0 Å². The molecule has 19 heavy (non-hydrogen) atoms. The van der Waals surface area contributed by atoms with Crippen LogP contribution in [0.5, 0.6) is 0 Å². The van der Waals surface area contributed by atoms with Crippen molar-refractivity contribution in [3.8, 4) is 0 Å². The third-order valence-electron chi connectivity index (χ3n) is 3.44. The molecule has 0 radical (unpaired) electrons. The molecule has 0 aromatic carbocycles. The summed E-state index contributed by atoms with van der Waals surface area (Å²) in [5.41, 5.74) is 0. The molecule has 0 aromatic rings. The van der Waals surface area contributed by atoms with Crippen LogP contribution in [0.4, 0.5) is 0 Å². The number of rotatable bonds is 10. The van der Waals surface area contributed by atoms with Crippen molar-refractivity contribution in [3.05, 3.63) is 0 Å². The first-order valence-electron chi connectivity index (χ1n) is 8.31. The first-order valence-corrected chi connectivity index (χ1v) is 10.8. The van der Waals surface area contributed by atoms with Gasteiger partial charge in [-0.15, -0.1) is 0 Å². The highest BCUT2D eigenvalue weighted by Crippen LogP contribution is 2.33. The lowest BCUT2D eigenvalue weighted by Gasteiger charge is -2.36. The van der Waals surface area contributed by atoms with Crippen LogP contribution >= 0.6 is 0 Å². The Balaban J connectivity index is 4.77. The fourth-order valence-electron chi connectivity index (χ4n) is 3.17. The van der Waals surface area contributed by atoms with Crippen LogP contribution in [0, 0.1) is 23.7 Å². The normalized spacial score (nSPS) is 13.3. The molecule has 0 saturated carbocycles. The van der Waals surface area contributed by atoms with Crippen molar-refractivity contribution in [2.45, 2.75) is 79.9 Å². The highest BCUT2D eigenvalue weighted by Gasteiger charge is 2.37. The van der Waals surface area contributed by atoms with Gasteiger partial charge in [0, 0.05) is 6.61 Å². The highest BCUT2D eigenvalue weighted by molar-refractivity contribution is 6.74. The maximum absolute atomic E-state index is 6.61. The molecule has 0 spiro atoms. The van der Waals surface area contributed by atoms with E-state index in [-0.39, 0.29) is 0 Å². The zero-order valence-electron chi connectivity index (χ0n) is 14.8. The second-order valence-electron chi connectivity index (χ2n) is 8.01. The summed E-state index contributed by atoms with van der Waals surface area (Å²) in [6.07, 6.45) is 1.21. The van der Waals surface area contributed by atoms with Crippen LogP contribution in [0.3, 0.4) is 0 Å². The van der Waals surface area contributed by atoms with E-state index in [2.05, 4.69) is 55.4 Å². The second kappa shape index (κ2) is 9.18. The maximum Gasteiger partial charge on any atom is 0.193 e. The predicted octanol–water partition coefficient (Wildman–Crippen LogP) is 5.96. The third-order valence-corrected chi connectivity index (χ3v) is 8.94. The van der Waals surface area contributed by atoms with Crippen LogP contribution < -0.4 is 0 Å². The SMILES string of the molecule is CC(C)CCO[Si](CC(C)C)(CC(C)C)CC(C)C. The van der Waals surface area contributed by atoms with Gasteiger partial charge >= 0.3 is 0 Å². The van der Waals surface area contributed by atoms with E-state index in [1.54, 1.807) is 0 Å². The minimum Gasteiger partial charge on any atom is -0.417 e. The van der Waals surface area contributed by atoms with Gasteiger partial charge in [0.25, 0.3) is 0 Å². The molecule has 0 aliphatic rings. The summed E-state index contributed by atoms with van der Waals surface area (Å²) in [6.45, 7) is 19.7. The van der Waals surface area contributed by atoms with Crippen molar-refractivity contribution in [2.75, 3.05) is 6.61 Å². The minimum atomic E-state index is -1.55. The fraction of sp³-hybridized carbons (Fsp3) is 1.00. The van der Waals surface area contributed by atoms with Crippen LogP contribution in [0.25, 0.3) is 0 Å². The monoisotopic (exact) mass is 286 g/mol. The topological polar surface area (TPSA) is 9.23 Å². The van der Waals surface area contributed by atoms with Gasteiger partial charge in [0.05, 0.1) is 0 Å². The molecule has 0 unspecified atom stereocenters. The van der Waals surface area contributed by atoms with E-state index in [0.717, 1.165) is 30.3 Å². The van der Waals surface area contributed by atoms with Crippen LogP contribution in [0.2, 0.25) is 18.1 Å². The standard InChI is InChI=1S/C17H38OSi/c1-14(2)9-10-18-19(11-15(3)4,12-16(5)6)13-17(7)8/h14-17H,9-13H2,1-8H3. The Hall–Kier alpha value is 0.177. The molecule has 0 fully saturated rings. The van der Waals surface area contributed by atoms with Gasteiger partial charge in [-0.05, 0) is 48.2 Å². The van der Waals surface area contributed by atoms with Crippen molar-refractivity contribution in [1.82, 2.24) is 0 Å². The molecule has 0 aliphatic carbocycles. The summed E-state index contributed by atoms with van der Waals surface area (Å²) in [4.78, 5) is 0. The smallest absolute Gasteiger partial charge is 0.193 e. The Bertz CT molecular complexity index is 195. The van der Waals surface area contributed by atoms with Gasteiger partial charge in [-0.2, -0.15) is 0 Å².